The molecule has 98 valence electrons. The van der Waals surface area contributed by atoms with Gasteiger partial charge < -0.3 is 10.1 Å². The molecule has 2 N–H and O–H groups in total. The van der Waals surface area contributed by atoms with Crippen LogP contribution in [-0.2, 0) is 6.54 Å². The summed E-state index contributed by atoms with van der Waals surface area (Å²) in [4.78, 5) is 7.01. The van der Waals surface area contributed by atoms with Crippen LogP contribution in [0, 0.1) is 5.92 Å². The minimum atomic E-state index is 0.530. The van der Waals surface area contributed by atoms with Crippen molar-refractivity contribution in [3.8, 4) is 0 Å². The van der Waals surface area contributed by atoms with Crippen LogP contribution in [-0.4, -0.2) is 33.9 Å². The second-order valence-corrected chi connectivity index (χ2v) is 4.87. The van der Waals surface area contributed by atoms with Gasteiger partial charge in [0.05, 0.1) is 5.69 Å². The quantitative estimate of drug-likeness (QED) is 0.844. The van der Waals surface area contributed by atoms with Gasteiger partial charge in [-0.2, -0.15) is 0 Å². The molecule has 0 aromatic carbocycles. The zero-order chi connectivity index (χ0) is 13.0. The third kappa shape index (κ3) is 3.09. The molecule has 2 rings (SSSR count). The highest BCUT2D eigenvalue weighted by molar-refractivity contribution is 5.39. The Bertz CT molecular complexity index is 458. The number of hydrogen-bond acceptors (Lipinski definition) is 3. The molecule has 0 radical (unpaired) electrons. The molecule has 0 aliphatic heterocycles. The van der Waals surface area contributed by atoms with Crippen LogP contribution in [0.4, 0.5) is 0 Å². The van der Waals surface area contributed by atoms with Gasteiger partial charge in [0, 0.05) is 25.5 Å². The van der Waals surface area contributed by atoms with Gasteiger partial charge in [0.15, 0.2) is 0 Å². The van der Waals surface area contributed by atoms with Crippen molar-refractivity contribution < 1.29 is 0 Å². The highest BCUT2D eigenvalue weighted by Crippen LogP contribution is 2.08. The zero-order valence-corrected chi connectivity index (χ0v) is 11.2. The molecule has 0 fully saturated rings. The lowest BCUT2D eigenvalue weighted by molar-refractivity contribution is 0.241. The minimum Gasteiger partial charge on any atom is -0.330 e. The van der Waals surface area contributed by atoms with E-state index in [0.29, 0.717) is 5.92 Å². The summed E-state index contributed by atoms with van der Waals surface area (Å²) >= 11 is 0. The molecular formula is C14H22N4. The van der Waals surface area contributed by atoms with Gasteiger partial charge in [0.1, 0.15) is 5.65 Å². The standard InChI is InChI=1S/C14H22N4/c1-3-17(9-12(2)8-15)10-13-11-18-7-5-4-6-14(18)16-13/h4-7,11-12H,3,8-10,15H2,1-2H3. The number of nitrogens with zero attached hydrogens (tertiary/aromatic N) is 3. The van der Waals surface area contributed by atoms with Crippen molar-refractivity contribution in [2.75, 3.05) is 19.6 Å². The number of aromatic nitrogens is 2. The van der Waals surface area contributed by atoms with E-state index in [1.54, 1.807) is 0 Å². The summed E-state index contributed by atoms with van der Waals surface area (Å²) in [6, 6.07) is 6.06. The Morgan fingerprint density at radius 3 is 2.94 bits per heavy atom. The lowest BCUT2D eigenvalue weighted by atomic mass is 10.1. The van der Waals surface area contributed by atoms with Crippen LogP contribution in [0.25, 0.3) is 5.65 Å². The van der Waals surface area contributed by atoms with Crippen molar-refractivity contribution >= 4 is 5.65 Å². The molecule has 0 saturated heterocycles. The highest BCUT2D eigenvalue weighted by Gasteiger charge is 2.10. The average molecular weight is 246 g/mol. The maximum absolute atomic E-state index is 5.68. The molecule has 1 unspecified atom stereocenters. The molecule has 0 spiro atoms. The third-order valence-electron chi connectivity index (χ3n) is 3.22. The molecular weight excluding hydrogens is 224 g/mol. The topological polar surface area (TPSA) is 46.6 Å². The van der Waals surface area contributed by atoms with E-state index in [9.17, 15) is 0 Å². The number of rotatable bonds is 6. The molecule has 18 heavy (non-hydrogen) atoms. The summed E-state index contributed by atoms with van der Waals surface area (Å²) in [5.41, 5.74) is 7.81. The fourth-order valence-corrected chi connectivity index (χ4v) is 2.11. The van der Waals surface area contributed by atoms with Gasteiger partial charge >= 0.3 is 0 Å². The SMILES string of the molecule is CCN(Cc1cn2ccccc2n1)CC(C)CN. The van der Waals surface area contributed by atoms with Crippen LogP contribution in [0.15, 0.2) is 30.6 Å². The minimum absolute atomic E-state index is 0.530. The fourth-order valence-electron chi connectivity index (χ4n) is 2.11. The predicted molar refractivity (Wildman–Crippen MR) is 74.4 cm³/mol. The molecule has 0 aliphatic rings. The van der Waals surface area contributed by atoms with Crippen LogP contribution >= 0.6 is 0 Å². The Kier molecular flexibility index (Phi) is 4.33. The second kappa shape index (κ2) is 5.98. The van der Waals surface area contributed by atoms with Gasteiger partial charge in [-0.15, -0.1) is 0 Å². The molecule has 4 heteroatoms. The van der Waals surface area contributed by atoms with E-state index in [1.807, 2.05) is 24.4 Å². The lowest BCUT2D eigenvalue weighted by Gasteiger charge is -2.22. The van der Waals surface area contributed by atoms with Gasteiger partial charge in [-0.1, -0.05) is 19.9 Å². The number of nitrogens with two attached hydrogens (primary N) is 1. The molecule has 0 bridgehead atoms. The van der Waals surface area contributed by atoms with E-state index in [-0.39, 0.29) is 0 Å². The summed E-state index contributed by atoms with van der Waals surface area (Å²) in [7, 11) is 0. The number of fused-ring (bicyclic) bond motifs is 1. The van der Waals surface area contributed by atoms with E-state index < -0.39 is 0 Å². The van der Waals surface area contributed by atoms with E-state index in [1.165, 1.54) is 0 Å². The first-order valence-corrected chi connectivity index (χ1v) is 6.58. The van der Waals surface area contributed by atoms with E-state index >= 15 is 0 Å². The molecule has 2 aromatic rings. The Labute approximate surface area is 108 Å². The van der Waals surface area contributed by atoms with Crippen LogP contribution < -0.4 is 5.73 Å². The Balaban J connectivity index is 2.06. The van der Waals surface area contributed by atoms with Crippen molar-refractivity contribution in [1.29, 1.82) is 0 Å². The molecule has 4 nitrogen and oxygen atoms in total. The van der Waals surface area contributed by atoms with E-state index in [0.717, 1.165) is 37.5 Å². The summed E-state index contributed by atoms with van der Waals surface area (Å²) in [6.07, 6.45) is 4.13. The van der Waals surface area contributed by atoms with E-state index in [4.69, 9.17) is 5.73 Å². The maximum atomic E-state index is 5.68. The van der Waals surface area contributed by atoms with Crippen LogP contribution in [0.2, 0.25) is 0 Å². The zero-order valence-electron chi connectivity index (χ0n) is 11.2. The summed E-state index contributed by atoms with van der Waals surface area (Å²) < 4.78 is 2.07. The van der Waals surface area contributed by atoms with Crippen molar-refractivity contribution in [3.63, 3.8) is 0 Å². The molecule has 0 saturated carbocycles. The van der Waals surface area contributed by atoms with Crippen LogP contribution in [0.5, 0.6) is 0 Å². The fraction of sp³-hybridized carbons (Fsp3) is 0.500. The van der Waals surface area contributed by atoms with Gasteiger partial charge in [0.2, 0.25) is 0 Å². The van der Waals surface area contributed by atoms with Gasteiger partial charge in [0.25, 0.3) is 0 Å². The van der Waals surface area contributed by atoms with Gasteiger partial charge in [-0.3, -0.25) is 4.90 Å². The molecule has 2 aromatic heterocycles. The van der Waals surface area contributed by atoms with Gasteiger partial charge in [-0.05, 0) is 31.1 Å². The Morgan fingerprint density at radius 2 is 2.28 bits per heavy atom. The normalized spacial score (nSPS) is 13.3. The number of pyridine rings is 1. The molecule has 2 heterocycles. The second-order valence-electron chi connectivity index (χ2n) is 4.87. The van der Waals surface area contributed by atoms with Crippen molar-refractivity contribution in [1.82, 2.24) is 14.3 Å². The lowest BCUT2D eigenvalue weighted by Crippen LogP contribution is -2.31. The summed E-state index contributed by atoms with van der Waals surface area (Å²) in [6.45, 7) is 8.05. The van der Waals surface area contributed by atoms with Gasteiger partial charge in [-0.25, -0.2) is 4.98 Å². The largest absolute Gasteiger partial charge is 0.330 e. The molecule has 0 aliphatic carbocycles. The predicted octanol–water partition coefficient (Wildman–Crippen LogP) is 1.75. The molecule has 1 atom stereocenters. The molecule has 0 amide bonds. The third-order valence-corrected chi connectivity index (χ3v) is 3.22. The van der Waals surface area contributed by atoms with Crippen LogP contribution in [0.1, 0.15) is 19.5 Å². The summed E-state index contributed by atoms with van der Waals surface area (Å²) in [5, 5.41) is 0. The monoisotopic (exact) mass is 246 g/mol. The first kappa shape index (κ1) is 13.1. The highest BCUT2D eigenvalue weighted by atomic mass is 15.1. The van der Waals surface area contributed by atoms with Crippen molar-refractivity contribution in [2.24, 2.45) is 11.7 Å². The smallest absolute Gasteiger partial charge is 0.137 e. The average Bonchev–Trinajstić information content (AvgIpc) is 2.79. The van der Waals surface area contributed by atoms with Crippen LogP contribution in [0.3, 0.4) is 0 Å². The first-order chi connectivity index (χ1) is 8.72. The Morgan fingerprint density at radius 1 is 1.44 bits per heavy atom. The van der Waals surface area contributed by atoms with Crippen molar-refractivity contribution in [2.45, 2.75) is 20.4 Å². The summed E-state index contributed by atoms with van der Waals surface area (Å²) in [5.74, 6) is 0.530. The van der Waals surface area contributed by atoms with E-state index in [2.05, 4.69) is 34.3 Å². The number of hydrogen-bond donors (Lipinski definition) is 1. The maximum Gasteiger partial charge on any atom is 0.137 e. The van der Waals surface area contributed by atoms with Crippen molar-refractivity contribution in [3.05, 3.63) is 36.3 Å². The number of imidazole rings is 1. The first-order valence-electron chi connectivity index (χ1n) is 6.58. The Hall–Kier alpha value is -1.39.